The van der Waals surface area contributed by atoms with Crippen LogP contribution in [0.5, 0.6) is 6.01 Å². The van der Waals surface area contributed by atoms with Gasteiger partial charge in [-0.1, -0.05) is 11.6 Å². The first-order valence-corrected chi connectivity index (χ1v) is 5.37. The van der Waals surface area contributed by atoms with E-state index in [9.17, 15) is 0 Å². The van der Waals surface area contributed by atoms with E-state index in [4.69, 9.17) is 16.3 Å². The van der Waals surface area contributed by atoms with Gasteiger partial charge in [0.2, 0.25) is 0 Å². The van der Waals surface area contributed by atoms with Crippen LogP contribution in [0.15, 0.2) is 12.4 Å². The smallest absolute Gasteiger partial charge is 0.318 e. The summed E-state index contributed by atoms with van der Waals surface area (Å²) in [6.07, 6.45) is 3.26. The van der Waals surface area contributed by atoms with E-state index in [2.05, 4.69) is 25.5 Å². The molecule has 2 aromatic heterocycles. The van der Waals surface area contributed by atoms with Crippen molar-refractivity contribution in [3.8, 4) is 6.01 Å². The molecule has 2 heterocycles. The number of H-pyrrole nitrogens is 1. The summed E-state index contributed by atoms with van der Waals surface area (Å²) >= 11 is 5.97. The van der Waals surface area contributed by atoms with Crippen molar-refractivity contribution in [1.29, 1.82) is 0 Å². The minimum Gasteiger partial charge on any atom is -0.467 e. The number of methoxy groups -OCH3 is 1. The van der Waals surface area contributed by atoms with Crippen LogP contribution in [0, 0.1) is 6.92 Å². The van der Waals surface area contributed by atoms with Gasteiger partial charge in [-0.25, -0.2) is 4.98 Å². The highest BCUT2D eigenvalue weighted by atomic mass is 35.5. The van der Waals surface area contributed by atoms with E-state index in [1.165, 1.54) is 13.3 Å². The predicted molar refractivity (Wildman–Crippen MR) is 64.2 cm³/mol. The topological polar surface area (TPSA) is 75.7 Å². The molecule has 0 amide bonds. The van der Waals surface area contributed by atoms with Crippen LogP contribution in [0.2, 0.25) is 5.02 Å². The van der Waals surface area contributed by atoms with Crippen molar-refractivity contribution in [1.82, 2.24) is 20.2 Å². The number of hydrogen-bond donors (Lipinski definition) is 2. The minimum atomic E-state index is 0.279. The number of hydrogen-bond acceptors (Lipinski definition) is 5. The summed E-state index contributed by atoms with van der Waals surface area (Å²) in [7, 11) is 1.51. The van der Waals surface area contributed by atoms with Gasteiger partial charge in [0.15, 0.2) is 5.82 Å². The van der Waals surface area contributed by atoms with E-state index in [-0.39, 0.29) is 6.01 Å². The molecular weight excluding hydrogens is 242 g/mol. The summed E-state index contributed by atoms with van der Waals surface area (Å²) in [5.74, 6) is 0.541. The van der Waals surface area contributed by atoms with Crippen LogP contribution in [-0.2, 0) is 6.54 Å². The Hall–Kier alpha value is -1.82. The number of aromatic amines is 1. The molecule has 0 bridgehead atoms. The van der Waals surface area contributed by atoms with Crippen LogP contribution in [-0.4, -0.2) is 27.3 Å². The lowest BCUT2D eigenvalue weighted by atomic mass is 10.2. The molecule has 0 atom stereocenters. The molecule has 0 spiro atoms. The Kier molecular flexibility index (Phi) is 3.43. The Balaban J connectivity index is 2.11. The molecule has 0 aliphatic carbocycles. The predicted octanol–water partition coefficient (Wildman–Crippen LogP) is 1.78. The number of halogens is 1. The number of nitrogens with zero attached hydrogens (tertiary/aromatic N) is 3. The zero-order valence-corrected chi connectivity index (χ0v) is 10.2. The Bertz CT molecular complexity index is 513. The third-order valence-corrected chi connectivity index (χ3v) is 2.56. The van der Waals surface area contributed by atoms with Gasteiger partial charge < -0.3 is 10.1 Å². The minimum absolute atomic E-state index is 0.279. The van der Waals surface area contributed by atoms with Gasteiger partial charge in [-0.05, 0) is 6.92 Å². The maximum Gasteiger partial charge on any atom is 0.318 e. The Morgan fingerprint density at radius 2 is 2.29 bits per heavy atom. The van der Waals surface area contributed by atoms with Gasteiger partial charge in [-0.2, -0.15) is 10.1 Å². The number of nitrogens with one attached hydrogen (secondary N) is 2. The second-order valence-corrected chi connectivity index (χ2v) is 3.83. The van der Waals surface area contributed by atoms with Crippen molar-refractivity contribution < 1.29 is 4.74 Å². The van der Waals surface area contributed by atoms with E-state index in [0.717, 1.165) is 11.3 Å². The van der Waals surface area contributed by atoms with Crippen LogP contribution in [0.4, 0.5) is 5.82 Å². The lowest BCUT2D eigenvalue weighted by molar-refractivity contribution is 0.380. The summed E-state index contributed by atoms with van der Waals surface area (Å²) in [5.41, 5.74) is 2.06. The molecule has 7 heteroatoms. The average Bonchev–Trinajstić information content (AvgIpc) is 2.74. The first kappa shape index (κ1) is 11.7. The van der Waals surface area contributed by atoms with E-state index in [1.54, 1.807) is 6.20 Å². The zero-order valence-electron chi connectivity index (χ0n) is 9.49. The molecule has 2 rings (SSSR count). The van der Waals surface area contributed by atoms with Gasteiger partial charge in [0.25, 0.3) is 0 Å². The normalized spacial score (nSPS) is 10.3. The molecular formula is C10H12ClN5O. The van der Waals surface area contributed by atoms with Crippen molar-refractivity contribution in [3.05, 3.63) is 28.7 Å². The summed E-state index contributed by atoms with van der Waals surface area (Å²) in [4.78, 5) is 8.01. The highest BCUT2D eigenvalue weighted by molar-refractivity contribution is 6.32. The third kappa shape index (κ3) is 2.65. The fraction of sp³-hybridized carbons (Fsp3) is 0.300. The van der Waals surface area contributed by atoms with Crippen molar-refractivity contribution in [2.24, 2.45) is 0 Å². The number of anilines is 1. The molecule has 0 saturated heterocycles. The number of aryl methyl sites for hydroxylation is 1. The average molecular weight is 254 g/mol. The van der Waals surface area contributed by atoms with Crippen molar-refractivity contribution in [2.45, 2.75) is 13.5 Å². The molecule has 0 aliphatic rings. The first-order chi connectivity index (χ1) is 8.20. The van der Waals surface area contributed by atoms with Crippen LogP contribution in [0.1, 0.15) is 11.3 Å². The molecule has 6 nitrogen and oxygen atoms in total. The Morgan fingerprint density at radius 1 is 1.47 bits per heavy atom. The van der Waals surface area contributed by atoms with Gasteiger partial charge in [-0.15, -0.1) is 0 Å². The lowest BCUT2D eigenvalue weighted by Crippen LogP contribution is -2.04. The van der Waals surface area contributed by atoms with Gasteiger partial charge in [-0.3, -0.25) is 5.10 Å². The van der Waals surface area contributed by atoms with E-state index < -0.39 is 0 Å². The molecule has 0 radical (unpaired) electrons. The monoisotopic (exact) mass is 253 g/mol. The lowest BCUT2D eigenvalue weighted by Gasteiger charge is -2.07. The first-order valence-electron chi connectivity index (χ1n) is 5.00. The van der Waals surface area contributed by atoms with Gasteiger partial charge in [0.05, 0.1) is 19.5 Å². The fourth-order valence-corrected chi connectivity index (χ4v) is 1.46. The highest BCUT2D eigenvalue weighted by Gasteiger charge is 2.06. The molecule has 2 N–H and O–H groups in total. The molecule has 90 valence electrons. The standard InChI is InChI=1S/C10H12ClN5O/c1-6-7(4-14-16-6)3-12-9-8(11)5-13-10(15-9)17-2/h4-5H,3H2,1-2H3,(H,14,16)(H,12,13,15). The van der Waals surface area contributed by atoms with E-state index in [1.807, 2.05) is 6.92 Å². The van der Waals surface area contributed by atoms with Crippen molar-refractivity contribution >= 4 is 17.4 Å². The second kappa shape index (κ2) is 5.01. The molecule has 2 aromatic rings. The van der Waals surface area contributed by atoms with E-state index >= 15 is 0 Å². The number of ether oxygens (including phenoxy) is 1. The zero-order chi connectivity index (χ0) is 12.3. The number of rotatable bonds is 4. The fourth-order valence-electron chi connectivity index (χ4n) is 1.31. The Morgan fingerprint density at radius 3 is 2.94 bits per heavy atom. The molecule has 0 saturated carbocycles. The number of aromatic nitrogens is 4. The Labute approximate surface area is 103 Å². The van der Waals surface area contributed by atoms with Crippen LogP contribution in [0.3, 0.4) is 0 Å². The molecule has 0 aliphatic heterocycles. The quantitative estimate of drug-likeness (QED) is 0.869. The molecule has 0 fully saturated rings. The van der Waals surface area contributed by atoms with Crippen molar-refractivity contribution in [3.63, 3.8) is 0 Å². The molecule has 0 aromatic carbocycles. The third-order valence-electron chi connectivity index (χ3n) is 2.29. The molecule has 17 heavy (non-hydrogen) atoms. The summed E-state index contributed by atoms with van der Waals surface area (Å²) in [5, 5.41) is 10.4. The van der Waals surface area contributed by atoms with Gasteiger partial charge in [0, 0.05) is 17.8 Å². The summed E-state index contributed by atoms with van der Waals surface area (Å²) in [6.45, 7) is 2.54. The summed E-state index contributed by atoms with van der Waals surface area (Å²) < 4.78 is 4.93. The van der Waals surface area contributed by atoms with Crippen LogP contribution >= 0.6 is 11.6 Å². The summed E-state index contributed by atoms with van der Waals surface area (Å²) in [6, 6.07) is 0.279. The maximum atomic E-state index is 5.97. The van der Waals surface area contributed by atoms with Crippen molar-refractivity contribution in [2.75, 3.05) is 12.4 Å². The van der Waals surface area contributed by atoms with E-state index in [0.29, 0.717) is 17.4 Å². The molecule has 0 unspecified atom stereocenters. The van der Waals surface area contributed by atoms with Gasteiger partial charge in [0.1, 0.15) is 5.02 Å². The highest BCUT2D eigenvalue weighted by Crippen LogP contribution is 2.20. The van der Waals surface area contributed by atoms with Crippen LogP contribution in [0.25, 0.3) is 0 Å². The second-order valence-electron chi connectivity index (χ2n) is 3.43. The maximum absolute atomic E-state index is 5.97. The largest absolute Gasteiger partial charge is 0.467 e. The SMILES string of the molecule is COc1ncc(Cl)c(NCc2cn[nH]c2C)n1. The van der Waals surface area contributed by atoms with Crippen LogP contribution < -0.4 is 10.1 Å². The van der Waals surface area contributed by atoms with Gasteiger partial charge >= 0.3 is 6.01 Å².